The summed E-state index contributed by atoms with van der Waals surface area (Å²) in [6.45, 7) is 2.61. The molecule has 0 aliphatic rings. The van der Waals surface area contributed by atoms with Crippen molar-refractivity contribution in [3.8, 4) is 11.3 Å². The molecule has 9 nitrogen and oxygen atoms in total. The van der Waals surface area contributed by atoms with E-state index in [0.717, 1.165) is 38.7 Å². The van der Waals surface area contributed by atoms with E-state index in [1.807, 2.05) is 79.7 Å². The van der Waals surface area contributed by atoms with Crippen LogP contribution < -0.4 is 5.73 Å². The molecular formula is C29H23N7O2. The van der Waals surface area contributed by atoms with Gasteiger partial charge in [0.05, 0.1) is 17.1 Å². The lowest BCUT2D eigenvalue weighted by Gasteiger charge is -2.17. The molecule has 0 bridgehead atoms. The number of allylic oxidation sites excluding steroid dienone is 1. The minimum atomic E-state index is 0.137. The van der Waals surface area contributed by atoms with Gasteiger partial charge in [-0.15, -0.1) is 0 Å². The van der Waals surface area contributed by atoms with E-state index in [0.29, 0.717) is 34.8 Å². The van der Waals surface area contributed by atoms with E-state index in [-0.39, 0.29) is 6.54 Å². The Kier molecular flexibility index (Phi) is 5.85. The van der Waals surface area contributed by atoms with Gasteiger partial charge in [-0.2, -0.15) is 10.2 Å². The Labute approximate surface area is 217 Å². The smallest absolute Gasteiger partial charge is 0.298 e. The third kappa shape index (κ3) is 4.05. The zero-order valence-electron chi connectivity index (χ0n) is 20.5. The Balaban J connectivity index is 1.57. The van der Waals surface area contributed by atoms with Gasteiger partial charge in [0.2, 0.25) is 0 Å². The summed E-state index contributed by atoms with van der Waals surface area (Å²) in [5.41, 5.74) is 12.9. The SMILES string of the molecule is Cc1ccccc1/C(=C(/Cn1nc(-c2ccc3[nH]ncc3c2)c2c(N)ncnc21)OC=O)c1ccccc1. The van der Waals surface area contributed by atoms with Crippen molar-refractivity contribution in [1.29, 1.82) is 0 Å². The van der Waals surface area contributed by atoms with Crippen LogP contribution in [0.1, 0.15) is 16.7 Å². The molecule has 0 saturated heterocycles. The average molecular weight is 502 g/mol. The number of aromatic nitrogens is 6. The van der Waals surface area contributed by atoms with E-state index >= 15 is 0 Å². The second kappa shape index (κ2) is 9.62. The van der Waals surface area contributed by atoms with Crippen molar-refractivity contribution in [2.45, 2.75) is 13.5 Å². The minimum absolute atomic E-state index is 0.137. The molecule has 6 aromatic rings. The van der Waals surface area contributed by atoms with Crippen LogP contribution in [0.5, 0.6) is 0 Å². The van der Waals surface area contributed by atoms with Gasteiger partial charge < -0.3 is 10.5 Å². The summed E-state index contributed by atoms with van der Waals surface area (Å²) in [6, 6.07) is 23.7. The summed E-state index contributed by atoms with van der Waals surface area (Å²) < 4.78 is 7.36. The predicted molar refractivity (Wildman–Crippen MR) is 146 cm³/mol. The number of ether oxygens (including phenoxy) is 1. The van der Waals surface area contributed by atoms with E-state index in [1.165, 1.54) is 6.33 Å². The number of carbonyl (C=O) groups excluding carboxylic acids is 1. The van der Waals surface area contributed by atoms with Crippen LogP contribution in [-0.4, -0.2) is 36.4 Å². The molecule has 3 aromatic heterocycles. The maximum absolute atomic E-state index is 11.8. The van der Waals surface area contributed by atoms with Crippen molar-refractivity contribution < 1.29 is 9.53 Å². The summed E-state index contributed by atoms with van der Waals surface area (Å²) >= 11 is 0. The van der Waals surface area contributed by atoms with E-state index in [9.17, 15) is 4.79 Å². The molecule has 0 fully saturated rings. The number of aryl methyl sites for hydroxylation is 1. The Hall–Kier alpha value is -5.31. The molecule has 0 atom stereocenters. The molecule has 6 rings (SSSR count). The number of H-pyrrole nitrogens is 1. The molecule has 0 saturated carbocycles. The summed E-state index contributed by atoms with van der Waals surface area (Å²) in [6.07, 6.45) is 3.16. The maximum atomic E-state index is 11.8. The molecule has 186 valence electrons. The van der Waals surface area contributed by atoms with Crippen molar-refractivity contribution in [2.24, 2.45) is 0 Å². The van der Waals surface area contributed by atoms with Gasteiger partial charge in [-0.3, -0.25) is 9.89 Å². The number of fused-ring (bicyclic) bond motifs is 2. The predicted octanol–water partition coefficient (Wildman–Crippen LogP) is 4.89. The monoisotopic (exact) mass is 501 g/mol. The zero-order valence-corrected chi connectivity index (χ0v) is 20.5. The van der Waals surface area contributed by atoms with Crippen molar-refractivity contribution in [2.75, 3.05) is 5.73 Å². The van der Waals surface area contributed by atoms with Gasteiger partial charge in [-0.25, -0.2) is 14.6 Å². The van der Waals surface area contributed by atoms with Gasteiger partial charge >= 0.3 is 0 Å². The van der Waals surface area contributed by atoms with Crippen molar-refractivity contribution in [3.63, 3.8) is 0 Å². The van der Waals surface area contributed by atoms with E-state index in [2.05, 4.69) is 20.2 Å². The molecule has 38 heavy (non-hydrogen) atoms. The first-order chi connectivity index (χ1) is 18.6. The Morgan fingerprint density at radius 1 is 1.05 bits per heavy atom. The molecular weight excluding hydrogens is 478 g/mol. The average Bonchev–Trinajstić information content (AvgIpc) is 3.56. The number of carbonyl (C=O) groups is 1. The number of hydrogen-bond acceptors (Lipinski definition) is 7. The molecule has 0 unspecified atom stereocenters. The number of benzene rings is 3. The lowest BCUT2D eigenvalue weighted by Crippen LogP contribution is -2.10. The first-order valence-corrected chi connectivity index (χ1v) is 12.0. The third-order valence-electron chi connectivity index (χ3n) is 6.51. The highest BCUT2D eigenvalue weighted by Crippen LogP contribution is 2.34. The van der Waals surface area contributed by atoms with Crippen LogP contribution >= 0.6 is 0 Å². The molecule has 0 amide bonds. The Bertz CT molecular complexity index is 1820. The lowest BCUT2D eigenvalue weighted by atomic mass is 9.93. The number of aromatic amines is 1. The fourth-order valence-electron chi connectivity index (χ4n) is 4.73. The fourth-order valence-corrected chi connectivity index (χ4v) is 4.73. The number of nitrogens with two attached hydrogens (primary N) is 1. The molecule has 0 aliphatic carbocycles. The molecule has 3 N–H and O–H groups in total. The topological polar surface area (TPSA) is 125 Å². The molecule has 9 heteroatoms. The van der Waals surface area contributed by atoms with Crippen LogP contribution in [0, 0.1) is 6.92 Å². The molecule has 3 aromatic carbocycles. The lowest BCUT2D eigenvalue weighted by molar-refractivity contribution is -0.125. The zero-order chi connectivity index (χ0) is 26.1. The number of nitrogen functional groups attached to an aromatic ring is 1. The normalized spacial score (nSPS) is 12.0. The third-order valence-corrected chi connectivity index (χ3v) is 6.51. The summed E-state index contributed by atoms with van der Waals surface area (Å²) in [5.74, 6) is 0.742. The van der Waals surface area contributed by atoms with E-state index in [4.69, 9.17) is 15.6 Å². The van der Waals surface area contributed by atoms with Gasteiger partial charge in [0.25, 0.3) is 6.47 Å². The number of nitrogens with zero attached hydrogens (tertiary/aromatic N) is 5. The molecule has 0 aliphatic heterocycles. The number of rotatable bonds is 7. The number of anilines is 1. The second-order valence-corrected chi connectivity index (χ2v) is 8.83. The fraction of sp³-hybridized carbons (Fsp3) is 0.0690. The van der Waals surface area contributed by atoms with E-state index < -0.39 is 0 Å². The Morgan fingerprint density at radius 3 is 2.68 bits per heavy atom. The highest BCUT2D eigenvalue weighted by atomic mass is 16.5. The molecule has 0 radical (unpaired) electrons. The summed E-state index contributed by atoms with van der Waals surface area (Å²) in [7, 11) is 0. The largest absolute Gasteiger partial charge is 0.431 e. The van der Waals surface area contributed by atoms with Crippen LogP contribution in [0.2, 0.25) is 0 Å². The highest BCUT2D eigenvalue weighted by Gasteiger charge is 2.22. The van der Waals surface area contributed by atoms with Crippen molar-refractivity contribution in [1.82, 2.24) is 29.9 Å². The maximum Gasteiger partial charge on any atom is 0.298 e. The summed E-state index contributed by atoms with van der Waals surface area (Å²) in [5, 5.41) is 13.5. The van der Waals surface area contributed by atoms with Crippen LogP contribution in [0.15, 0.2) is 91.1 Å². The number of hydrogen-bond donors (Lipinski definition) is 2. The Morgan fingerprint density at radius 2 is 1.87 bits per heavy atom. The van der Waals surface area contributed by atoms with Gasteiger partial charge in [0.15, 0.2) is 5.65 Å². The standard InChI is InChI=1S/C29H23N7O2/c1-18-7-5-6-10-22(18)25(19-8-3-2-4-9-19)24(38-17-37)15-36-29-26(28(30)31-16-32-29)27(35-36)20-11-12-23-21(13-20)14-33-34-23/h2-14,16-17H,15H2,1H3,(H,33,34)(H2,30,31,32)/b25-24-. The van der Waals surface area contributed by atoms with E-state index in [1.54, 1.807) is 10.9 Å². The van der Waals surface area contributed by atoms with Crippen LogP contribution in [-0.2, 0) is 16.1 Å². The quantitative estimate of drug-likeness (QED) is 0.236. The second-order valence-electron chi connectivity index (χ2n) is 8.83. The minimum Gasteiger partial charge on any atom is -0.431 e. The van der Waals surface area contributed by atoms with Crippen LogP contribution in [0.4, 0.5) is 5.82 Å². The summed E-state index contributed by atoms with van der Waals surface area (Å²) in [4.78, 5) is 20.5. The molecule has 3 heterocycles. The van der Waals surface area contributed by atoms with Gasteiger partial charge in [-0.1, -0.05) is 60.7 Å². The van der Waals surface area contributed by atoms with Gasteiger partial charge in [0.1, 0.15) is 30.1 Å². The first kappa shape index (κ1) is 23.1. The van der Waals surface area contributed by atoms with Gasteiger partial charge in [0, 0.05) is 16.5 Å². The number of nitrogens with one attached hydrogen (secondary N) is 1. The van der Waals surface area contributed by atoms with Crippen molar-refractivity contribution >= 4 is 39.8 Å². The van der Waals surface area contributed by atoms with Crippen LogP contribution in [0.3, 0.4) is 0 Å². The van der Waals surface area contributed by atoms with Crippen molar-refractivity contribution in [3.05, 3.63) is 108 Å². The first-order valence-electron chi connectivity index (χ1n) is 12.0. The van der Waals surface area contributed by atoms with Crippen LogP contribution in [0.25, 0.3) is 38.8 Å². The van der Waals surface area contributed by atoms with Gasteiger partial charge in [-0.05, 0) is 35.7 Å². The molecule has 0 spiro atoms. The highest BCUT2D eigenvalue weighted by molar-refractivity contribution is 6.00.